The van der Waals surface area contributed by atoms with Gasteiger partial charge < -0.3 is 10.1 Å². The number of rotatable bonds is 5. The fraction of sp³-hybridized carbons (Fsp3) is 0.143. The van der Waals surface area contributed by atoms with E-state index in [4.69, 9.17) is 16.3 Å². The van der Waals surface area contributed by atoms with E-state index in [9.17, 15) is 10.1 Å². The minimum Gasteiger partial charge on any atom is -0.448 e. The van der Waals surface area contributed by atoms with Crippen molar-refractivity contribution in [2.24, 2.45) is 0 Å². The van der Waals surface area contributed by atoms with Crippen molar-refractivity contribution in [3.63, 3.8) is 0 Å². The standard InChI is InChI=1S/C14H12BrClN2O3/c1-17-8-9-7-10(15)5-6-13(9)21-14-11(16)3-2-4-12(14)18(19)20/h2-7,17H,8H2,1H3. The Morgan fingerprint density at radius 3 is 2.81 bits per heavy atom. The molecule has 0 atom stereocenters. The van der Waals surface area contributed by atoms with Gasteiger partial charge in [0.15, 0.2) is 0 Å². The summed E-state index contributed by atoms with van der Waals surface area (Å²) < 4.78 is 6.60. The molecular formula is C14H12BrClN2O3. The fourth-order valence-electron chi connectivity index (χ4n) is 1.83. The lowest BCUT2D eigenvalue weighted by atomic mass is 10.2. The van der Waals surface area contributed by atoms with Crippen LogP contribution in [0, 0.1) is 10.1 Å². The van der Waals surface area contributed by atoms with Gasteiger partial charge in [-0.05, 0) is 31.3 Å². The first kappa shape index (κ1) is 15.8. The highest BCUT2D eigenvalue weighted by atomic mass is 79.9. The quantitative estimate of drug-likeness (QED) is 0.620. The monoisotopic (exact) mass is 370 g/mol. The van der Waals surface area contributed by atoms with E-state index in [0.29, 0.717) is 12.3 Å². The van der Waals surface area contributed by atoms with Crippen LogP contribution in [0.5, 0.6) is 11.5 Å². The fourth-order valence-corrected chi connectivity index (χ4v) is 2.45. The maximum absolute atomic E-state index is 11.1. The molecule has 0 saturated carbocycles. The molecule has 0 amide bonds. The van der Waals surface area contributed by atoms with Crippen LogP contribution in [0.15, 0.2) is 40.9 Å². The van der Waals surface area contributed by atoms with Gasteiger partial charge in [0.1, 0.15) is 5.75 Å². The van der Waals surface area contributed by atoms with Gasteiger partial charge in [-0.15, -0.1) is 0 Å². The van der Waals surface area contributed by atoms with Gasteiger partial charge in [0.2, 0.25) is 5.75 Å². The number of nitrogens with one attached hydrogen (secondary N) is 1. The van der Waals surface area contributed by atoms with Crippen LogP contribution in [0.2, 0.25) is 5.02 Å². The smallest absolute Gasteiger partial charge is 0.313 e. The van der Waals surface area contributed by atoms with E-state index < -0.39 is 4.92 Å². The molecule has 0 spiro atoms. The Kier molecular flexibility index (Phi) is 5.17. The summed E-state index contributed by atoms with van der Waals surface area (Å²) in [6, 6.07) is 9.86. The van der Waals surface area contributed by atoms with Gasteiger partial charge in [0, 0.05) is 22.6 Å². The van der Waals surface area contributed by atoms with Crippen LogP contribution in [-0.4, -0.2) is 12.0 Å². The van der Waals surface area contributed by atoms with Gasteiger partial charge in [0.05, 0.1) is 9.95 Å². The maximum Gasteiger partial charge on any atom is 0.313 e. The summed E-state index contributed by atoms with van der Waals surface area (Å²) in [4.78, 5) is 10.6. The molecular weight excluding hydrogens is 360 g/mol. The number of para-hydroxylation sites is 1. The third kappa shape index (κ3) is 3.72. The molecule has 2 aromatic carbocycles. The molecule has 7 heteroatoms. The van der Waals surface area contributed by atoms with Crippen LogP contribution >= 0.6 is 27.5 Å². The zero-order valence-electron chi connectivity index (χ0n) is 11.1. The average Bonchev–Trinajstić information content (AvgIpc) is 2.43. The second-order valence-corrected chi connectivity index (χ2v) is 5.55. The molecule has 1 N–H and O–H groups in total. The molecule has 21 heavy (non-hydrogen) atoms. The van der Waals surface area contributed by atoms with Gasteiger partial charge in [-0.25, -0.2) is 0 Å². The first-order valence-electron chi connectivity index (χ1n) is 6.06. The highest BCUT2D eigenvalue weighted by Crippen LogP contribution is 2.39. The molecule has 0 unspecified atom stereocenters. The van der Waals surface area contributed by atoms with E-state index in [-0.39, 0.29) is 16.5 Å². The number of hydrogen-bond donors (Lipinski definition) is 1. The molecule has 0 aliphatic heterocycles. The lowest BCUT2D eigenvalue weighted by Gasteiger charge is -2.12. The summed E-state index contributed by atoms with van der Waals surface area (Å²) in [6.45, 7) is 0.563. The SMILES string of the molecule is CNCc1cc(Br)ccc1Oc1c(Cl)cccc1[N+](=O)[O-]. The third-order valence-electron chi connectivity index (χ3n) is 2.74. The van der Waals surface area contributed by atoms with Crippen LogP contribution < -0.4 is 10.1 Å². The topological polar surface area (TPSA) is 64.4 Å². The lowest BCUT2D eigenvalue weighted by molar-refractivity contribution is -0.385. The Morgan fingerprint density at radius 2 is 2.14 bits per heavy atom. The zero-order chi connectivity index (χ0) is 15.4. The van der Waals surface area contributed by atoms with Crippen molar-refractivity contribution in [1.82, 2.24) is 5.32 Å². The lowest BCUT2D eigenvalue weighted by Crippen LogP contribution is -2.06. The molecule has 2 rings (SSSR count). The molecule has 0 saturated heterocycles. The van der Waals surface area contributed by atoms with Crippen molar-refractivity contribution < 1.29 is 9.66 Å². The molecule has 110 valence electrons. The molecule has 0 aromatic heterocycles. The molecule has 0 radical (unpaired) electrons. The summed E-state index contributed by atoms with van der Waals surface area (Å²) in [5.74, 6) is 0.563. The van der Waals surface area contributed by atoms with Crippen LogP contribution in [-0.2, 0) is 6.54 Å². The summed E-state index contributed by atoms with van der Waals surface area (Å²) >= 11 is 9.42. The number of nitro groups is 1. The maximum atomic E-state index is 11.1. The van der Waals surface area contributed by atoms with Crippen molar-refractivity contribution in [3.05, 3.63) is 61.6 Å². The van der Waals surface area contributed by atoms with E-state index in [0.717, 1.165) is 10.0 Å². The number of benzene rings is 2. The van der Waals surface area contributed by atoms with Crippen LogP contribution in [0.4, 0.5) is 5.69 Å². The van der Waals surface area contributed by atoms with Gasteiger partial charge >= 0.3 is 5.69 Å². The normalized spacial score (nSPS) is 10.4. The van der Waals surface area contributed by atoms with Crippen molar-refractivity contribution in [1.29, 1.82) is 0 Å². The van der Waals surface area contributed by atoms with E-state index in [1.165, 1.54) is 12.1 Å². The molecule has 0 bridgehead atoms. The Balaban J connectivity index is 2.45. The molecule has 0 aliphatic rings. The van der Waals surface area contributed by atoms with E-state index in [2.05, 4.69) is 21.2 Å². The van der Waals surface area contributed by atoms with Gasteiger partial charge in [0.25, 0.3) is 0 Å². The predicted molar refractivity (Wildman–Crippen MR) is 85.1 cm³/mol. The number of nitrogens with zero attached hydrogens (tertiary/aromatic N) is 1. The van der Waals surface area contributed by atoms with Crippen LogP contribution in [0.25, 0.3) is 0 Å². The largest absolute Gasteiger partial charge is 0.448 e. The Hall–Kier alpha value is -1.63. The van der Waals surface area contributed by atoms with Gasteiger partial charge in [-0.3, -0.25) is 10.1 Å². The van der Waals surface area contributed by atoms with E-state index in [1.807, 2.05) is 13.1 Å². The number of hydrogen-bond acceptors (Lipinski definition) is 4. The first-order chi connectivity index (χ1) is 10.0. The highest BCUT2D eigenvalue weighted by Gasteiger charge is 2.20. The van der Waals surface area contributed by atoms with Crippen LogP contribution in [0.3, 0.4) is 0 Å². The minimum absolute atomic E-state index is 0.0452. The second kappa shape index (κ2) is 6.89. The number of halogens is 2. The molecule has 2 aromatic rings. The third-order valence-corrected chi connectivity index (χ3v) is 3.54. The van der Waals surface area contributed by atoms with Crippen molar-refractivity contribution in [2.45, 2.75) is 6.54 Å². The average molecular weight is 372 g/mol. The Bertz CT molecular complexity index is 679. The summed E-state index contributed by atoms with van der Waals surface area (Å²) in [5, 5.41) is 14.3. The Labute approximate surface area is 135 Å². The number of nitro benzene ring substituents is 1. The summed E-state index contributed by atoms with van der Waals surface area (Å²) in [6.07, 6.45) is 0. The van der Waals surface area contributed by atoms with Crippen molar-refractivity contribution in [3.8, 4) is 11.5 Å². The summed E-state index contributed by atoms with van der Waals surface area (Å²) in [7, 11) is 1.81. The second-order valence-electron chi connectivity index (χ2n) is 4.23. The molecule has 0 heterocycles. The molecule has 5 nitrogen and oxygen atoms in total. The van der Waals surface area contributed by atoms with Crippen molar-refractivity contribution in [2.75, 3.05) is 7.05 Å². The predicted octanol–water partition coefficient (Wildman–Crippen LogP) is 4.52. The van der Waals surface area contributed by atoms with Gasteiger partial charge in [-0.2, -0.15) is 0 Å². The molecule has 0 fully saturated rings. The minimum atomic E-state index is -0.516. The first-order valence-corrected chi connectivity index (χ1v) is 7.24. The van der Waals surface area contributed by atoms with Gasteiger partial charge in [-0.1, -0.05) is 33.6 Å². The van der Waals surface area contributed by atoms with Crippen molar-refractivity contribution >= 4 is 33.2 Å². The van der Waals surface area contributed by atoms with Crippen LogP contribution in [0.1, 0.15) is 5.56 Å². The zero-order valence-corrected chi connectivity index (χ0v) is 13.4. The van der Waals surface area contributed by atoms with E-state index in [1.54, 1.807) is 18.2 Å². The Morgan fingerprint density at radius 1 is 1.38 bits per heavy atom. The number of ether oxygens (including phenoxy) is 1. The van der Waals surface area contributed by atoms with E-state index >= 15 is 0 Å². The highest BCUT2D eigenvalue weighted by molar-refractivity contribution is 9.10. The molecule has 0 aliphatic carbocycles. The summed E-state index contributed by atoms with van der Waals surface area (Å²) in [5.41, 5.74) is 0.696.